The van der Waals surface area contributed by atoms with Gasteiger partial charge in [-0.15, -0.1) is 5.48 Å². The predicted molar refractivity (Wildman–Crippen MR) is 24.2 cm³/mol. The van der Waals surface area contributed by atoms with Crippen LogP contribution in [0.3, 0.4) is 0 Å². The maximum absolute atomic E-state index is 10.3. The number of rotatable bonds is 0. The molecular formula is C3H8N2O3. The highest BCUT2D eigenvalue weighted by atomic mass is 16.9. The molecule has 5 nitrogen and oxygen atoms in total. The van der Waals surface area contributed by atoms with Gasteiger partial charge in [-0.25, -0.2) is 10.1 Å². The van der Waals surface area contributed by atoms with Gasteiger partial charge in [0.2, 0.25) is 0 Å². The van der Waals surface area contributed by atoms with E-state index in [9.17, 15) is 5.21 Å². The van der Waals surface area contributed by atoms with Crippen LogP contribution in [-0.4, -0.2) is 19.9 Å². The lowest BCUT2D eigenvalue weighted by atomic mass is 10.8. The number of quaternary nitrogens is 1. The van der Waals surface area contributed by atoms with E-state index in [1.165, 1.54) is 0 Å². The number of hydroxylamine groups is 3. The SMILES string of the molecule is [O-][NH+]1CNOCCO1. The Bertz CT molecular complexity index is 61.5. The van der Waals surface area contributed by atoms with E-state index in [1.54, 1.807) is 0 Å². The van der Waals surface area contributed by atoms with Crippen molar-refractivity contribution in [2.24, 2.45) is 0 Å². The minimum atomic E-state index is -0.262. The van der Waals surface area contributed by atoms with Crippen LogP contribution in [0.1, 0.15) is 0 Å². The summed E-state index contributed by atoms with van der Waals surface area (Å²) < 4.78 is 0. The zero-order valence-corrected chi connectivity index (χ0v) is 4.35. The topological polar surface area (TPSA) is 58.0 Å². The van der Waals surface area contributed by atoms with Crippen LogP contribution in [0.2, 0.25) is 0 Å². The molecule has 1 rings (SSSR count). The summed E-state index contributed by atoms with van der Waals surface area (Å²) in [4.78, 5) is 9.25. The van der Waals surface area contributed by atoms with Gasteiger partial charge in [-0.05, 0) is 0 Å². The number of nitrogens with one attached hydrogen (secondary N) is 2. The Morgan fingerprint density at radius 3 is 3.25 bits per heavy atom. The van der Waals surface area contributed by atoms with Gasteiger partial charge in [0.05, 0.1) is 6.61 Å². The lowest BCUT2D eigenvalue weighted by molar-refractivity contribution is -1.05. The lowest BCUT2D eigenvalue weighted by Gasteiger charge is -2.14. The van der Waals surface area contributed by atoms with Crippen molar-refractivity contribution < 1.29 is 14.9 Å². The van der Waals surface area contributed by atoms with E-state index in [2.05, 4.69) is 15.2 Å². The lowest BCUT2D eigenvalue weighted by Crippen LogP contribution is -3.07. The summed E-state index contributed by atoms with van der Waals surface area (Å²) in [6.07, 6.45) is 0. The molecule has 1 saturated heterocycles. The van der Waals surface area contributed by atoms with E-state index in [1.807, 2.05) is 0 Å². The van der Waals surface area contributed by atoms with Crippen LogP contribution in [0.5, 0.6) is 0 Å². The first-order valence-electron chi connectivity index (χ1n) is 2.40. The number of hydrogen-bond acceptors (Lipinski definition) is 4. The molecule has 1 aliphatic heterocycles. The average Bonchev–Trinajstić information content (AvgIpc) is 1.94. The molecule has 0 radical (unpaired) electrons. The Hall–Kier alpha value is -0.200. The van der Waals surface area contributed by atoms with E-state index < -0.39 is 0 Å². The first kappa shape index (κ1) is 5.93. The first-order valence-corrected chi connectivity index (χ1v) is 2.40. The van der Waals surface area contributed by atoms with Crippen molar-refractivity contribution in [1.29, 1.82) is 0 Å². The van der Waals surface area contributed by atoms with Crippen molar-refractivity contribution in [3.63, 3.8) is 0 Å². The largest absolute Gasteiger partial charge is 0.599 e. The molecule has 0 amide bonds. The van der Waals surface area contributed by atoms with Crippen molar-refractivity contribution in [3.8, 4) is 0 Å². The van der Waals surface area contributed by atoms with E-state index in [0.717, 1.165) is 0 Å². The molecule has 5 heteroatoms. The minimum absolute atomic E-state index is 0.153. The molecule has 48 valence electrons. The molecular weight excluding hydrogens is 112 g/mol. The third kappa shape index (κ3) is 1.73. The molecule has 8 heavy (non-hydrogen) atoms. The zero-order valence-electron chi connectivity index (χ0n) is 4.35. The molecule has 0 bridgehead atoms. The van der Waals surface area contributed by atoms with Crippen LogP contribution >= 0.6 is 0 Å². The fourth-order valence-electron chi connectivity index (χ4n) is 0.430. The van der Waals surface area contributed by atoms with E-state index in [-0.39, 0.29) is 11.9 Å². The summed E-state index contributed by atoms with van der Waals surface area (Å²) in [5.41, 5.74) is 2.42. The van der Waals surface area contributed by atoms with Gasteiger partial charge >= 0.3 is 0 Å². The molecule has 0 aromatic heterocycles. The summed E-state index contributed by atoms with van der Waals surface area (Å²) in [5, 5.41) is 10.1. The Labute approximate surface area is 46.7 Å². The second-order valence-corrected chi connectivity index (χ2v) is 1.39. The summed E-state index contributed by atoms with van der Waals surface area (Å²) in [6.45, 7) is 0.942. The molecule has 0 spiro atoms. The maximum atomic E-state index is 10.3. The third-order valence-electron chi connectivity index (χ3n) is 0.767. The van der Waals surface area contributed by atoms with Crippen molar-refractivity contribution in [1.82, 2.24) is 5.48 Å². The van der Waals surface area contributed by atoms with Crippen molar-refractivity contribution >= 4 is 0 Å². The molecule has 1 heterocycles. The van der Waals surface area contributed by atoms with Crippen molar-refractivity contribution in [2.45, 2.75) is 0 Å². The van der Waals surface area contributed by atoms with Crippen molar-refractivity contribution in [2.75, 3.05) is 19.9 Å². The van der Waals surface area contributed by atoms with Crippen LogP contribution in [0.15, 0.2) is 0 Å². The normalized spacial score (nSPS) is 31.9. The van der Waals surface area contributed by atoms with Gasteiger partial charge in [-0.1, -0.05) is 0 Å². The summed E-state index contributed by atoms with van der Waals surface area (Å²) in [5.74, 6) is 0. The monoisotopic (exact) mass is 120 g/mol. The highest BCUT2D eigenvalue weighted by molar-refractivity contribution is 4.22. The molecule has 1 atom stereocenters. The molecule has 1 aliphatic rings. The second-order valence-electron chi connectivity index (χ2n) is 1.39. The Balaban J connectivity index is 2.17. The molecule has 0 aliphatic carbocycles. The minimum Gasteiger partial charge on any atom is -0.599 e. The maximum Gasteiger partial charge on any atom is 0.182 e. The van der Waals surface area contributed by atoms with Crippen LogP contribution in [0, 0.1) is 5.21 Å². The van der Waals surface area contributed by atoms with E-state index >= 15 is 0 Å². The first-order chi connectivity index (χ1) is 3.89. The van der Waals surface area contributed by atoms with Gasteiger partial charge in [-0.3, -0.25) is 4.84 Å². The highest BCUT2D eigenvalue weighted by Gasteiger charge is 2.01. The standard InChI is InChI=1S/C3H8N2O3/c6-5-3-4-7-1-2-8-5/h4-5H,1-3H2. The smallest absolute Gasteiger partial charge is 0.182 e. The predicted octanol–water partition coefficient (Wildman–Crippen LogP) is -2.21. The molecule has 0 aromatic carbocycles. The highest BCUT2D eigenvalue weighted by Crippen LogP contribution is 1.69. The van der Waals surface area contributed by atoms with Gasteiger partial charge in [0.15, 0.2) is 6.67 Å². The Morgan fingerprint density at radius 1 is 1.50 bits per heavy atom. The van der Waals surface area contributed by atoms with E-state index in [0.29, 0.717) is 13.2 Å². The zero-order chi connectivity index (χ0) is 5.82. The fraction of sp³-hybridized carbons (Fsp3) is 1.00. The quantitative estimate of drug-likeness (QED) is 0.356. The molecule has 1 unspecified atom stereocenters. The van der Waals surface area contributed by atoms with Gasteiger partial charge in [0, 0.05) is 0 Å². The summed E-state index contributed by atoms with van der Waals surface area (Å²) in [7, 11) is 0. The summed E-state index contributed by atoms with van der Waals surface area (Å²) >= 11 is 0. The van der Waals surface area contributed by atoms with Gasteiger partial charge in [0.25, 0.3) is 0 Å². The van der Waals surface area contributed by atoms with Crippen LogP contribution in [0.4, 0.5) is 0 Å². The van der Waals surface area contributed by atoms with Crippen LogP contribution < -0.4 is 10.7 Å². The molecule has 0 saturated carbocycles. The van der Waals surface area contributed by atoms with Gasteiger partial charge < -0.3 is 5.21 Å². The second kappa shape index (κ2) is 2.95. The Kier molecular flexibility index (Phi) is 2.19. The van der Waals surface area contributed by atoms with Crippen LogP contribution in [0.25, 0.3) is 0 Å². The number of hydrogen-bond donors (Lipinski definition) is 2. The Morgan fingerprint density at radius 2 is 2.38 bits per heavy atom. The van der Waals surface area contributed by atoms with Crippen LogP contribution in [-0.2, 0) is 9.68 Å². The third-order valence-corrected chi connectivity index (χ3v) is 0.767. The van der Waals surface area contributed by atoms with Gasteiger partial charge in [-0.2, -0.15) is 0 Å². The summed E-state index contributed by atoms with van der Waals surface area (Å²) in [6, 6.07) is 0. The van der Waals surface area contributed by atoms with Crippen molar-refractivity contribution in [3.05, 3.63) is 5.21 Å². The molecule has 0 aromatic rings. The molecule has 1 fully saturated rings. The fourth-order valence-corrected chi connectivity index (χ4v) is 0.430. The molecule has 2 N–H and O–H groups in total. The average molecular weight is 120 g/mol. The van der Waals surface area contributed by atoms with E-state index in [4.69, 9.17) is 0 Å². The van der Waals surface area contributed by atoms with Gasteiger partial charge in [0.1, 0.15) is 6.61 Å².